The molecule has 10 fully saturated rings. The molecular formula is C101H128N16O12. The lowest BCUT2D eigenvalue weighted by atomic mass is 9.84. The molecule has 684 valence electrons. The molecule has 2 aliphatic carbocycles. The Hall–Kier alpha value is -10.9. The SMILES string of the molecule is O=C(NCCCCc1ccccc1)c1cc(-c2cc(C(=O)NC(C(=O)O)C3CCCCC3)nc(C(=O)N3CCCC3CN3CCCC3)c2)cc(C(=O)N2CCCC2CN2CCCC2)n1.O=C(NCc1ccc2ccccc2c1)c1cc(-c2cc(C(=O)NC(C(=O)O)C3CCCCC3)nc(C(=O)N3CCCC3CN3CCCC3)c2)cc(C(=O)N2CCCC2CN2CCCC2)n1. The number of nitrogens with one attached hydrogen (secondary N) is 4. The zero-order chi connectivity index (χ0) is 89.3. The van der Waals surface area contributed by atoms with Crippen molar-refractivity contribution in [3.8, 4) is 22.3 Å². The van der Waals surface area contributed by atoms with Gasteiger partial charge in [0.1, 0.15) is 57.6 Å². The number of carbonyl (C=O) groups is 10. The molecule has 8 amide bonds. The lowest BCUT2D eigenvalue weighted by Gasteiger charge is -2.29. The minimum atomic E-state index is -1.12. The first-order valence-corrected chi connectivity index (χ1v) is 48.2. The first kappa shape index (κ1) is 91.4. The number of carbonyl (C=O) groups excluding carboxylic acids is 8. The number of rotatable bonds is 31. The topological polar surface area (TPSA) is 337 Å². The van der Waals surface area contributed by atoms with Gasteiger partial charge in [0.2, 0.25) is 0 Å². The number of unbranched alkanes of at least 4 members (excludes halogenated alkanes) is 1. The highest BCUT2D eigenvalue weighted by atomic mass is 16.4. The second kappa shape index (κ2) is 43.7. The van der Waals surface area contributed by atoms with E-state index in [0.717, 1.165) is 255 Å². The third kappa shape index (κ3) is 23.3. The lowest BCUT2D eigenvalue weighted by Crippen LogP contribution is -2.47. The maximum absolute atomic E-state index is 14.6. The number of carboxylic acid groups (broad SMARTS) is 2. The van der Waals surface area contributed by atoms with Gasteiger partial charge in [-0.25, -0.2) is 29.5 Å². The summed E-state index contributed by atoms with van der Waals surface area (Å²) >= 11 is 0. The number of nitrogens with zero attached hydrogens (tertiary/aromatic N) is 12. The van der Waals surface area contributed by atoms with E-state index in [1.54, 1.807) is 42.5 Å². The summed E-state index contributed by atoms with van der Waals surface area (Å²) in [7, 11) is 0. The number of aromatic nitrogens is 4. The summed E-state index contributed by atoms with van der Waals surface area (Å²) < 4.78 is 0. The Kier molecular flexibility index (Phi) is 30.9. The van der Waals surface area contributed by atoms with Crippen LogP contribution in [0.15, 0.2) is 121 Å². The first-order chi connectivity index (χ1) is 62.9. The molecule has 8 aliphatic heterocycles. The maximum atomic E-state index is 14.6. The molecule has 8 saturated heterocycles. The van der Waals surface area contributed by atoms with Crippen LogP contribution in [0.4, 0.5) is 0 Å². The van der Waals surface area contributed by atoms with Gasteiger partial charge >= 0.3 is 11.9 Å². The number of aryl methyl sites for hydroxylation is 1. The molecule has 0 radical (unpaired) electrons. The van der Waals surface area contributed by atoms with Crippen LogP contribution in [-0.2, 0) is 22.6 Å². The highest BCUT2D eigenvalue weighted by Gasteiger charge is 2.41. The van der Waals surface area contributed by atoms with Crippen molar-refractivity contribution in [2.75, 3.05) is 111 Å². The summed E-state index contributed by atoms with van der Waals surface area (Å²) in [5.41, 5.74) is 3.96. The molecule has 6 N–H and O–H groups in total. The monoisotopic (exact) mass is 1760 g/mol. The van der Waals surface area contributed by atoms with E-state index in [4.69, 9.17) is 9.97 Å². The minimum absolute atomic E-state index is 0.00173. The predicted molar refractivity (Wildman–Crippen MR) is 492 cm³/mol. The van der Waals surface area contributed by atoms with E-state index in [0.29, 0.717) is 80.7 Å². The van der Waals surface area contributed by atoms with E-state index in [1.165, 1.54) is 11.6 Å². The first-order valence-electron chi connectivity index (χ1n) is 48.2. The van der Waals surface area contributed by atoms with Crippen LogP contribution in [-0.4, -0.2) is 276 Å². The summed E-state index contributed by atoms with van der Waals surface area (Å²) in [4.78, 5) is 176. The molecule has 12 heterocycles. The van der Waals surface area contributed by atoms with Crippen molar-refractivity contribution in [2.45, 2.75) is 229 Å². The fourth-order valence-corrected chi connectivity index (χ4v) is 21.6. The number of aliphatic carboxylic acids is 2. The van der Waals surface area contributed by atoms with Crippen molar-refractivity contribution in [1.29, 1.82) is 0 Å². The normalized spacial score (nSPS) is 21.3. The van der Waals surface area contributed by atoms with E-state index < -0.39 is 47.7 Å². The Morgan fingerprint density at radius 3 is 0.992 bits per heavy atom. The number of carboxylic acids is 2. The van der Waals surface area contributed by atoms with Gasteiger partial charge in [-0.15, -0.1) is 0 Å². The molecule has 4 aromatic heterocycles. The van der Waals surface area contributed by atoms with E-state index in [9.17, 15) is 58.2 Å². The zero-order valence-electron chi connectivity index (χ0n) is 74.7. The van der Waals surface area contributed by atoms with E-state index in [-0.39, 0.29) is 112 Å². The number of amides is 8. The lowest BCUT2D eigenvalue weighted by molar-refractivity contribution is -0.142. The largest absolute Gasteiger partial charge is 0.480 e. The third-order valence-electron chi connectivity index (χ3n) is 28.6. The van der Waals surface area contributed by atoms with Crippen LogP contribution in [0, 0.1) is 11.8 Å². The van der Waals surface area contributed by atoms with Crippen molar-refractivity contribution >= 4 is 70.0 Å². The Morgan fingerprint density at radius 2 is 0.636 bits per heavy atom. The summed E-state index contributed by atoms with van der Waals surface area (Å²) in [6.07, 6.45) is 27.0. The van der Waals surface area contributed by atoms with E-state index in [2.05, 4.69) is 63.0 Å². The Morgan fingerprint density at radius 1 is 0.310 bits per heavy atom. The van der Waals surface area contributed by atoms with Crippen molar-refractivity contribution in [3.05, 3.63) is 178 Å². The van der Waals surface area contributed by atoms with E-state index in [1.807, 2.05) is 80.3 Å². The Bertz CT molecular complexity index is 5150. The maximum Gasteiger partial charge on any atom is 0.326 e. The number of hydrogen-bond donors (Lipinski definition) is 6. The third-order valence-corrected chi connectivity index (χ3v) is 28.6. The van der Waals surface area contributed by atoms with Crippen LogP contribution < -0.4 is 21.3 Å². The molecule has 0 bridgehead atoms. The average Bonchev–Trinajstić information content (AvgIpc) is 1.77. The predicted octanol–water partition coefficient (Wildman–Crippen LogP) is 12.5. The van der Waals surface area contributed by atoms with Crippen molar-refractivity contribution in [1.82, 2.24) is 80.4 Å². The molecule has 17 rings (SSSR count). The highest BCUT2D eigenvalue weighted by molar-refractivity contribution is 6.04. The standard InChI is InChI=1S/C51H62N8O6.C50H66N8O6/c60-47(52-31-34-18-19-35-12-4-5-15-37(35)26-34)42-27-38(29-44(53-42)49(62)58-24-10-16-40(58)32-56-20-6-7-21-56)39-28-43(48(61)55-46(51(64)65)36-13-2-1-3-14-36)54-45(30-39)50(63)59-25-11-17-41(59)33-57-22-8-9-23-57;59-46(51-22-8-7-17-35-15-3-1-4-16-35)41-29-37(31-43(52-41)48(61)57-27-13-20-39(57)33-55-23-9-10-24-55)38-30-42(47(60)54-45(50(63)64)36-18-5-2-6-19-36)53-44(32-38)49(62)58-28-14-21-40(58)34-56-25-11-12-26-56/h4-5,12,15,18-19,26-30,36,40-41,46H,1-3,6-11,13-14,16-17,20-25,31-33H2,(H,52,60)(H,55,61)(H,64,65);1,3-4,15-16,29-32,36,39-40,45H,2,5-14,17-28,33-34H2,(H,51,59)(H,54,60)(H,63,64). The van der Waals surface area contributed by atoms with Crippen LogP contribution in [0.5, 0.6) is 0 Å². The second-order valence-corrected chi connectivity index (χ2v) is 37.7. The van der Waals surface area contributed by atoms with Gasteiger partial charge in [0.25, 0.3) is 47.3 Å². The van der Waals surface area contributed by atoms with Crippen molar-refractivity contribution in [2.24, 2.45) is 11.8 Å². The van der Waals surface area contributed by atoms with Gasteiger partial charge < -0.3 is 70.7 Å². The van der Waals surface area contributed by atoms with Crippen molar-refractivity contribution in [3.63, 3.8) is 0 Å². The van der Waals surface area contributed by atoms with Crippen LogP contribution in [0.25, 0.3) is 33.0 Å². The molecule has 28 heteroatoms. The summed E-state index contributed by atoms with van der Waals surface area (Å²) in [6, 6.07) is 34.9. The summed E-state index contributed by atoms with van der Waals surface area (Å²) in [5, 5.41) is 34.3. The van der Waals surface area contributed by atoms with E-state index >= 15 is 0 Å². The Labute approximate surface area is 756 Å². The molecule has 28 nitrogen and oxygen atoms in total. The zero-order valence-corrected chi connectivity index (χ0v) is 74.7. The second-order valence-electron chi connectivity index (χ2n) is 37.7. The molecule has 7 aromatic rings. The molecule has 6 unspecified atom stereocenters. The van der Waals surface area contributed by atoms with Gasteiger partial charge in [0.15, 0.2) is 0 Å². The number of benzene rings is 3. The van der Waals surface area contributed by atoms with Crippen molar-refractivity contribution < 1.29 is 58.2 Å². The van der Waals surface area contributed by atoms with Gasteiger partial charge in [-0.2, -0.15) is 0 Å². The number of hydrogen-bond acceptors (Lipinski definition) is 18. The van der Waals surface area contributed by atoms with Gasteiger partial charge in [0, 0.05) is 89.6 Å². The summed E-state index contributed by atoms with van der Waals surface area (Å²) in [5.74, 6) is -6.11. The quantitative estimate of drug-likeness (QED) is 0.0220. The minimum Gasteiger partial charge on any atom is -0.480 e. The smallest absolute Gasteiger partial charge is 0.326 e. The van der Waals surface area contributed by atoms with Crippen LogP contribution in [0.3, 0.4) is 0 Å². The fraction of sp³-hybridized carbons (Fsp3) is 0.545. The molecule has 129 heavy (non-hydrogen) atoms. The van der Waals surface area contributed by atoms with Gasteiger partial charge in [-0.1, -0.05) is 105 Å². The molecular weight excluding hydrogens is 1630 g/mol. The number of likely N-dealkylation sites (tertiary alicyclic amines) is 8. The van der Waals surface area contributed by atoms with Crippen LogP contribution >= 0.6 is 0 Å². The van der Waals surface area contributed by atoms with Gasteiger partial charge in [0.05, 0.1) is 0 Å². The molecule has 0 spiro atoms. The fourth-order valence-electron chi connectivity index (χ4n) is 21.6. The van der Waals surface area contributed by atoms with Gasteiger partial charge in [-0.3, -0.25) is 38.4 Å². The summed E-state index contributed by atoms with van der Waals surface area (Å²) in [6.45, 7) is 14.1. The Balaban J connectivity index is 0.000000189. The number of pyridine rings is 4. The van der Waals surface area contributed by atoms with Crippen LogP contribution in [0.2, 0.25) is 0 Å². The van der Waals surface area contributed by atoms with Crippen LogP contribution in [0.1, 0.15) is 275 Å². The molecule has 10 aliphatic rings. The molecule has 6 atom stereocenters. The highest BCUT2D eigenvalue weighted by Crippen LogP contribution is 2.35. The van der Waals surface area contributed by atoms with Gasteiger partial charge in [-0.05, 0) is 311 Å². The molecule has 3 aromatic carbocycles. The molecule has 2 saturated carbocycles. The number of fused-ring (bicyclic) bond motifs is 1. The average molecular weight is 1760 g/mol.